The summed E-state index contributed by atoms with van der Waals surface area (Å²) < 4.78 is 51.7. The second-order valence-corrected chi connectivity index (χ2v) is 7.44. The molecule has 1 saturated carbocycles. The summed E-state index contributed by atoms with van der Waals surface area (Å²) in [4.78, 5) is 16.2. The van der Waals surface area contributed by atoms with Gasteiger partial charge in [-0.2, -0.15) is 21.9 Å². The molecule has 10 heteroatoms. The lowest BCUT2D eigenvalue weighted by atomic mass is 9.92. The fourth-order valence-electron chi connectivity index (χ4n) is 3.31. The average molecular weight is 422 g/mol. The number of amides is 1. The third-order valence-electron chi connectivity index (χ3n) is 4.88. The van der Waals surface area contributed by atoms with Crippen molar-refractivity contribution in [3.05, 3.63) is 47.7 Å². The number of hydrogen-bond acceptors (Lipinski definition) is 6. The van der Waals surface area contributed by atoms with E-state index in [1.54, 1.807) is 18.2 Å². The molecule has 152 valence electrons. The van der Waals surface area contributed by atoms with Crippen molar-refractivity contribution < 1.29 is 22.7 Å². The lowest BCUT2D eigenvalue weighted by Gasteiger charge is -2.29. The molecule has 1 fully saturated rings. The van der Waals surface area contributed by atoms with E-state index >= 15 is 0 Å². The van der Waals surface area contributed by atoms with Crippen LogP contribution < -0.4 is 10.1 Å². The lowest BCUT2D eigenvalue weighted by Crippen LogP contribution is -2.39. The first-order valence-corrected chi connectivity index (χ1v) is 9.84. The van der Waals surface area contributed by atoms with Gasteiger partial charge in [0, 0.05) is 23.9 Å². The van der Waals surface area contributed by atoms with Crippen LogP contribution in [-0.4, -0.2) is 31.8 Å². The Morgan fingerprint density at radius 3 is 2.52 bits per heavy atom. The van der Waals surface area contributed by atoms with Crippen molar-refractivity contribution in [2.75, 3.05) is 0 Å². The SMILES string of the molecule is O=C(NC1CCC(Oc2ccc(C(F)(F)F)cn2)CC1)c1ccc2nsnc2c1. The summed E-state index contributed by atoms with van der Waals surface area (Å²) in [6, 6.07) is 7.44. The molecule has 0 unspecified atom stereocenters. The molecule has 0 aliphatic heterocycles. The van der Waals surface area contributed by atoms with Gasteiger partial charge in [0.05, 0.1) is 17.3 Å². The van der Waals surface area contributed by atoms with E-state index in [0.717, 1.165) is 42.3 Å². The minimum absolute atomic E-state index is 0.0205. The number of nitrogens with zero attached hydrogens (tertiary/aromatic N) is 3. The summed E-state index contributed by atoms with van der Waals surface area (Å²) in [6.45, 7) is 0. The Balaban J connectivity index is 1.28. The number of halogens is 3. The van der Waals surface area contributed by atoms with Crippen LogP contribution in [-0.2, 0) is 6.18 Å². The first kappa shape index (κ1) is 19.6. The standard InChI is InChI=1S/C19H17F3N4O2S/c20-19(21,22)12-2-8-17(23-10-12)28-14-5-3-13(4-6-14)24-18(27)11-1-7-15-16(9-11)26-29-25-15/h1-2,7-10,13-14H,3-6H2,(H,24,27). The van der Waals surface area contributed by atoms with Gasteiger partial charge in [-0.3, -0.25) is 4.79 Å². The van der Waals surface area contributed by atoms with Crippen molar-refractivity contribution in [2.24, 2.45) is 0 Å². The Hall–Kier alpha value is -2.75. The summed E-state index contributed by atoms with van der Waals surface area (Å²) in [5.41, 5.74) is 1.20. The monoisotopic (exact) mass is 422 g/mol. The highest BCUT2D eigenvalue weighted by atomic mass is 32.1. The van der Waals surface area contributed by atoms with E-state index in [1.165, 1.54) is 6.07 Å². The number of carbonyl (C=O) groups is 1. The fraction of sp³-hybridized carbons (Fsp3) is 0.368. The van der Waals surface area contributed by atoms with Gasteiger partial charge in [-0.05, 0) is 49.9 Å². The van der Waals surface area contributed by atoms with Crippen LogP contribution in [0.3, 0.4) is 0 Å². The Labute approximate surface area is 168 Å². The molecule has 29 heavy (non-hydrogen) atoms. The van der Waals surface area contributed by atoms with Crippen LogP contribution in [0.1, 0.15) is 41.6 Å². The van der Waals surface area contributed by atoms with Crippen LogP contribution in [0.25, 0.3) is 11.0 Å². The normalized spacial score (nSPS) is 19.8. The van der Waals surface area contributed by atoms with Crippen LogP contribution in [0.5, 0.6) is 5.88 Å². The number of nitrogens with one attached hydrogen (secondary N) is 1. The van der Waals surface area contributed by atoms with Gasteiger partial charge >= 0.3 is 6.18 Å². The molecule has 1 amide bonds. The topological polar surface area (TPSA) is 77.0 Å². The predicted octanol–water partition coefficient (Wildman–Crippen LogP) is 4.23. The molecule has 0 spiro atoms. The minimum Gasteiger partial charge on any atom is -0.474 e. The maximum absolute atomic E-state index is 12.6. The summed E-state index contributed by atoms with van der Waals surface area (Å²) in [5.74, 6) is 0.0179. The highest BCUT2D eigenvalue weighted by Crippen LogP contribution is 2.30. The van der Waals surface area contributed by atoms with E-state index in [2.05, 4.69) is 19.0 Å². The molecule has 4 rings (SSSR count). The Kier molecular flexibility index (Phi) is 5.35. The first-order chi connectivity index (χ1) is 13.9. The van der Waals surface area contributed by atoms with Gasteiger partial charge in [0.15, 0.2) is 0 Å². The quantitative estimate of drug-likeness (QED) is 0.681. The van der Waals surface area contributed by atoms with Gasteiger partial charge < -0.3 is 10.1 Å². The van der Waals surface area contributed by atoms with E-state index in [4.69, 9.17) is 4.74 Å². The lowest BCUT2D eigenvalue weighted by molar-refractivity contribution is -0.137. The van der Waals surface area contributed by atoms with E-state index in [1.807, 2.05) is 0 Å². The summed E-state index contributed by atoms with van der Waals surface area (Å²) >= 11 is 1.11. The zero-order valence-electron chi connectivity index (χ0n) is 15.1. The number of ether oxygens (including phenoxy) is 1. The molecule has 0 radical (unpaired) electrons. The summed E-state index contributed by atoms with van der Waals surface area (Å²) in [5, 5.41) is 3.02. The Morgan fingerprint density at radius 1 is 1.07 bits per heavy atom. The number of pyridine rings is 1. The van der Waals surface area contributed by atoms with E-state index in [-0.39, 0.29) is 23.9 Å². The van der Waals surface area contributed by atoms with Crippen LogP contribution >= 0.6 is 11.7 Å². The van der Waals surface area contributed by atoms with Crippen molar-refractivity contribution in [2.45, 2.75) is 44.0 Å². The maximum atomic E-state index is 12.6. The fourth-order valence-corrected chi connectivity index (χ4v) is 3.82. The number of aromatic nitrogens is 3. The zero-order chi connectivity index (χ0) is 20.4. The molecule has 1 aliphatic carbocycles. The second-order valence-electron chi connectivity index (χ2n) is 6.92. The largest absolute Gasteiger partial charge is 0.474 e. The van der Waals surface area contributed by atoms with Crippen LogP contribution in [0.4, 0.5) is 13.2 Å². The third kappa shape index (κ3) is 4.64. The predicted molar refractivity (Wildman–Crippen MR) is 101 cm³/mol. The van der Waals surface area contributed by atoms with Gasteiger partial charge in [-0.15, -0.1) is 0 Å². The Morgan fingerprint density at radius 2 is 1.83 bits per heavy atom. The van der Waals surface area contributed by atoms with Crippen molar-refractivity contribution >= 4 is 28.7 Å². The van der Waals surface area contributed by atoms with Gasteiger partial charge in [-0.25, -0.2) is 4.98 Å². The second kappa shape index (κ2) is 7.94. The van der Waals surface area contributed by atoms with Gasteiger partial charge in [0.1, 0.15) is 17.1 Å². The molecule has 6 nitrogen and oxygen atoms in total. The molecule has 0 bridgehead atoms. The van der Waals surface area contributed by atoms with Crippen molar-refractivity contribution in [3.8, 4) is 5.88 Å². The molecule has 1 N–H and O–H groups in total. The number of carbonyl (C=O) groups excluding carboxylic acids is 1. The molecule has 2 heterocycles. The van der Waals surface area contributed by atoms with E-state index in [0.29, 0.717) is 23.9 Å². The third-order valence-corrected chi connectivity index (χ3v) is 5.43. The van der Waals surface area contributed by atoms with Crippen LogP contribution in [0, 0.1) is 0 Å². The smallest absolute Gasteiger partial charge is 0.417 e. The number of fused-ring (bicyclic) bond motifs is 1. The summed E-state index contributed by atoms with van der Waals surface area (Å²) in [7, 11) is 0. The molecular formula is C19H17F3N4O2S. The molecule has 1 aromatic carbocycles. The molecule has 2 aromatic heterocycles. The average Bonchev–Trinajstić information content (AvgIpc) is 3.17. The number of alkyl halides is 3. The Bertz CT molecular complexity index is 999. The highest BCUT2D eigenvalue weighted by molar-refractivity contribution is 7.00. The van der Waals surface area contributed by atoms with Gasteiger partial charge in [-0.1, -0.05) is 0 Å². The molecule has 0 saturated heterocycles. The van der Waals surface area contributed by atoms with Crippen LogP contribution in [0.15, 0.2) is 36.5 Å². The van der Waals surface area contributed by atoms with Crippen molar-refractivity contribution in [1.82, 2.24) is 19.0 Å². The van der Waals surface area contributed by atoms with E-state index < -0.39 is 11.7 Å². The summed E-state index contributed by atoms with van der Waals surface area (Å²) in [6.07, 6.45) is -0.969. The van der Waals surface area contributed by atoms with Gasteiger partial charge in [0.2, 0.25) is 5.88 Å². The molecule has 1 aliphatic rings. The maximum Gasteiger partial charge on any atom is 0.417 e. The van der Waals surface area contributed by atoms with Crippen LogP contribution in [0.2, 0.25) is 0 Å². The number of benzene rings is 1. The molecule has 0 atom stereocenters. The van der Waals surface area contributed by atoms with Crippen molar-refractivity contribution in [3.63, 3.8) is 0 Å². The van der Waals surface area contributed by atoms with Gasteiger partial charge in [0.25, 0.3) is 5.91 Å². The number of rotatable bonds is 4. The highest BCUT2D eigenvalue weighted by Gasteiger charge is 2.31. The van der Waals surface area contributed by atoms with Crippen molar-refractivity contribution in [1.29, 1.82) is 0 Å². The zero-order valence-corrected chi connectivity index (χ0v) is 16.0. The number of hydrogen-bond donors (Lipinski definition) is 1. The molecular weight excluding hydrogens is 405 g/mol. The first-order valence-electron chi connectivity index (χ1n) is 9.11. The minimum atomic E-state index is -4.41. The molecule has 3 aromatic rings. The van der Waals surface area contributed by atoms with E-state index in [9.17, 15) is 18.0 Å².